The van der Waals surface area contributed by atoms with E-state index in [0.29, 0.717) is 24.5 Å². The molecule has 0 aromatic heterocycles. The molecule has 0 amide bonds. The van der Waals surface area contributed by atoms with Crippen molar-refractivity contribution in [2.24, 2.45) is 5.92 Å². The first-order chi connectivity index (χ1) is 7.74. The van der Waals surface area contributed by atoms with Crippen LogP contribution in [0.3, 0.4) is 0 Å². The zero-order chi connectivity index (χ0) is 12.2. The van der Waals surface area contributed by atoms with Gasteiger partial charge in [-0.1, -0.05) is 40.0 Å². The maximum Gasteiger partial charge on any atom is 0.132 e. The average molecular weight is 228 g/mol. The normalized spacial score (nSPS) is 12.7. The van der Waals surface area contributed by atoms with Gasteiger partial charge in [0.15, 0.2) is 0 Å². The van der Waals surface area contributed by atoms with Crippen molar-refractivity contribution in [3.05, 3.63) is 0 Å². The van der Waals surface area contributed by atoms with Gasteiger partial charge in [0, 0.05) is 26.1 Å². The summed E-state index contributed by atoms with van der Waals surface area (Å²) in [6.07, 6.45) is 7.28. The Balaban J connectivity index is 3.37. The molecule has 2 heteroatoms. The number of Topliss-reactive ketones (excluding diaryl/α,β-unsaturated/α-hetero) is 1. The fourth-order valence-electron chi connectivity index (χ4n) is 1.70. The summed E-state index contributed by atoms with van der Waals surface area (Å²) >= 11 is 0. The van der Waals surface area contributed by atoms with E-state index in [0.717, 1.165) is 19.6 Å². The Morgan fingerprint density at radius 1 is 1.19 bits per heavy atom. The van der Waals surface area contributed by atoms with Gasteiger partial charge in [-0.05, 0) is 18.8 Å². The van der Waals surface area contributed by atoms with Crippen LogP contribution in [0.15, 0.2) is 0 Å². The Kier molecular flexibility index (Phi) is 10.9. The third kappa shape index (κ3) is 8.90. The molecule has 0 radical (unpaired) electrons. The Bertz CT molecular complexity index is 166. The molecule has 0 saturated heterocycles. The SMILES string of the molecule is CCCCC(CC)COCCCC(=O)CC. The van der Waals surface area contributed by atoms with Crippen LogP contribution < -0.4 is 0 Å². The average Bonchev–Trinajstić information content (AvgIpc) is 2.32. The zero-order valence-corrected chi connectivity index (χ0v) is 11.3. The summed E-state index contributed by atoms with van der Waals surface area (Å²) in [4.78, 5) is 11.1. The van der Waals surface area contributed by atoms with Crippen molar-refractivity contribution in [3.8, 4) is 0 Å². The van der Waals surface area contributed by atoms with Crippen molar-refractivity contribution in [1.82, 2.24) is 0 Å². The number of carbonyl (C=O) groups is 1. The first-order valence-electron chi connectivity index (χ1n) is 6.83. The Labute approximate surface area is 101 Å². The maximum absolute atomic E-state index is 11.1. The van der Waals surface area contributed by atoms with Gasteiger partial charge in [-0.3, -0.25) is 4.79 Å². The van der Waals surface area contributed by atoms with Crippen LogP contribution in [0, 0.1) is 5.92 Å². The van der Waals surface area contributed by atoms with Crippen LogP contribution in [0.4, 0.5) is 0 Å². The van der Waals surface area contributed by atoms with Gasteiger partial charge in [0.2, 0.25) is 0 Å². The predicted molar refractivity (Wildman–Crippen MR) is 68.7 cm³/mol. The second kappa shape index (κ2) is 11.1. The molecule has 0 bridgehead atoms. The minimum absolute atomic E-state index is 0.349. The van der Waals surface area contributed by atoms with E-state index in [9.17, 15) is 4.79 Å². The molecule has 1 atom stereocenters. The van der Waals surface area contributed by atoms with Crippen LogP contribution in [0.25, 0.3) is 0 Å². The molecule has 16 heavy (non-hydrogen) atoms. The summed E-state index contributed by atoms with van der Waals surface area (Å²) in [5.41, 5.74) is 0. The standard InChI is InChI=1S/C14H28O2/c1-4-7-9-13(5-2)12-16-11-8-10-14(15)6-3/h13H,4-12H2,1-3H3. The van der Waals surface area contributed by atoms with Crippen molar-refractivity contribution in [3.63, 3.8) is 0 Å². The van der Waals surface area contributed by atoms with Gasteiger partial charge in [0.25, 0.3) is 0 Å². The van der Waals surface area contributed by atoms with Gasteiger partial charge in [-0.2, -0.15) is 0 Å². The number of ketones is 1. The molecular weight excluding hydrogens is 200 g/mol. The minimum Gasteiger partial charge on any atom is -0.381 e. The van der Waals surface area contributed by atoms with Crippen molar-refractivity contribution < 1.29 is 9.53 Å². The molecule has 0 saturated carbocycles. The summed E-state index contributed by atoms with van der Waals surface area (Å²) in [6.45, 7) is 7.99. The van der Waals surface area contributed by atoms with Gasteiger partial charge in [0.1, 0.15) is 5.78 Å². The number of hydrogen-bond donors (Lipinski definition) is 0. The molecule has 96 valence electrons. The second-order valence-electron chi connectivity index (χ2n) is 4.49. The fourth-order valence-corrected chi connectivity index (χ4v) is 1.70. The molecule has 0 aromatic rings. The monoisotopic (exact) mass is 228 g/mol. The van der Waals surface area contributed by atoms with Crippen LogP contribution >= 0.6 is 0 Å². The largest absolute Gasteiger partial charge is 0.381 e. The van der Waals surface area contributed by atoms with Crippen molar-refractivity contribution in [1.29, 1.82) is 0 Å². The van der Waals surface area contributed by atoms with Crippen LogP contribution in [0.2, 0.25) is 0 Å². The molecule has 0 spiro atoms. The molecule has 0 aromatic carbocycles. The predicted octanol–water partition coefficient (Wildman–Crippen LogP) is 3.98. The van der Waals surface area contributed by atoms with E-state index in [1.165, 1.54) is 25.7 Å². The smallest absolute Gasteiger partial charge is 0.132 e. The highest BCUT2D eigenvalue weighted by molar-refractivity contribution is 5.77. The van der Waals surface area contributed by atoms with E-state index in [4.69, 9.17) is 4.74 Å². The second-order valence-corrected chi connectivity index (χ2v) is 4.49. The van der Waals surface area contributed by atoms with E-state index in [-0.39, 0.29) is 0 Å². The number of ether oxygens (including phenoxy) is 1. The molecule has 0 fully saturated rings. The zero-order valence-electron chi connectivity index (χ0n) is 11.3. The third-order valence-corrected chi connectivity index (χ3v) is 3.04. The molecule has 0 N–H and O–H groups in total. The number of carbonyl (C=O) groups excluding carboxylic acids is 1. The van der Waals surface area contributed by atoms with Crippen molar-refractivity contribution in [2.45, 2.75) is 65.7 Å². The van der Waals surface area contributed by atoms with Gasteiger partial charge in [0.05, 0.1) is 0 Å². The lowest BCUT2D eigenvalue weighted by Crippen LogP contribution is -2.10. The lowest BCUT2D eigenvalue weighted by atomic mass is 10.0. The maximum atomic E-state index is 11.1. The Morgan fingerprint density at radius 3 is 2.50 bits per heavy atom. The van der Waals surface area contributed by atoms with Crippen molar-refractivity contribution in [2.75, 3.05) is 13.2 Å². The molecule has 1 unspecified atom stereocenters. The summed E-state index contributed by atoms with van der Waals surface area (Å²) in [7, 11) is 0. The van der Waals surface area contributed by atoms with Crippen LogP contribution in [0.5, 0.6) is 0 Å². The molecule has 0 aliphatic rings. The van der Waals surface area contributed by atoms with Crippen LogP contribution in [0.1, 0.15) is 65.7 Å². The fraction of sp³-hybridized carbons (Fsp3) is 0.929. The molecule has 0 heterocycles. The lowest BCUT2D eigenvalue weighted by Gasteiger charge is -2.14. The van der Waals surface area contributed by atoms with Gasteiger partial charge in [-0.25, -0.2) is 0 Å². The third-order valence-electron chi connectivity index (χ3n) is 3.04. The molecule has 0 rings (SSSR count). The van der Waals surface area contributed by atoms with E-state index in [2.05, 4.69) is 13.8 Å². The van der Waals surface area contributed by atoms with E-state index in [1.807, 2.05) is 6.92 Å². The quantitative estimate of drug-likeness (QED) is 0.500. The molecule has 0 aliphatic heterocycles. The van der Waals surface area contributed by atoms with Gasteiger partial charge < -0.3 is 4.74 Å². The highest BCUT2D eigenvalue weighted by Crippen LogP contribution is 2.12. The topological polar surface area (TPSA) is 26.3 Å². The summed E-state index contributed by atoms with van der Waals surface area (Å²) < 4.78 is 5.63. The Hall–Kier alpha value is -0.370. The number of rotatable bonds is 11. The van der Waals surface area contributed by atoms with Gasteiger partial charge >= 0.3 is 0 Å². The Morgan fingerprint density at radius 2 is 1.94 bits per heavy atom. The number of hydrogen-bond acceptors (Lipinski definition) is 2. The minimum atomic E-state index is 0.349. The molecular formula is C14H28O2. The highest BCUT2D eigenvalue weighted by Gasteiger charge is 2.05. The summed E-state index contributed by atoms with van der Waals surface area (Å²) in [5.74, 6) is 1.06. The van der Waals surface area contributed by atoms with Crippen molar-refractivity contribution >= 4 is 5.78 Å². The van der Waals surface area contributed by atoms with E-state index in [1.54, 1.807) is 0 Å². The summed E-state index contributed by atoms with van der Waals surface area (Å²) in [5, 5.41) is 0. The van der Waals surface area contributed by atoms with Crippen LogP contribution in [-0.2, 0) is 9.53 Å². The van der Waals surface area contributed by atoms with E-state index < -0.39 is 0 Å². The first-order valence-corrected chi connectivity index (χ1v) is 6.83. The molecule has 2 nitrogen and oxygen atoms in total. The van der Waals surface area contributed by atoms with Crippen LogP contribution in [-0.4, -0.2) is 19.0 Å². The lowest BCUT2D eigenvalue weighted by molar-refractivity contribution is -0.119. The highest BCUT2D eigenvalue weighted by atomic mass is 16.5. The first kappa shape index (κ1) is 15.6. The molecule has 0 aliphatic carbocycles. The van der Waals surface area contributed by atoms with Gasteiger partial charge in [-0.15, -0.1) is 0 Å². The summed E-state index contributed by atoms with van der Waals surface area (Å²) in [6, 6.07) is 0. The number of unbranched alkanes of at least 4 members (excludes halogenated alkanes) is 1. The van der Waals surface area contributed by atoms with E-state index >= 15 is 0 Å².